The SMILES string of the molecule is COc1ccc(S(=O)(=O)N(CCO)CCO[C@H]2C[C@@H](c3cccc4c3Cc3ccccc3-4)C=C(C(=O)NCCCCC(=O)Nc3ccccc3N)O2)cc1. The van der Waals surface area contributed by atoms with Crippen molar-refractivity contribution in [1.82, 2.24) is 9.62 Å². The number of anilines is 2. The molecular formula is C41H46N4O8S. The summed E-state index contributed by atoms with van der Waals surface area (Å²) in [6, 6.07) is 27.6. The largest absolute Gasteiger partial charge is 0.497 e. The fourth-order valence-electron chi connectivity index (χ4n) is 6.83. The van der Waals surface area contributed by atoms with Gasteiger partial charge in [-0.2, -0.15) is 4.31 Å². The molecule has 1 heterocycles. The number of unbranched alkanes of at least 4 members (excludes halogenated alkanes) is 1. The summed E-state index contributed by atoms with van der Waals surface area (Å²) in [6.45, 7) is -0.274. The number of benzene rings is 4. The molecule has 0 saturated heterocycles. The maximum Gasteiger partial charge on any atom is 0.286 e. The van der Waals surface area contributed by atoms with Gasteiger partial charge in [-0.15, -0.1) is 0 Å². The molecule has 12 nitrogen and oxygen atoms in total. The van der Waals surface area contributed by atoms with E-state index in [0.29, 0.717) is 42.9 Å². The Balaban J connectivity index is 1.12. The smallest absolute Gasteiger partial charge is 0.286 e. The number of nitrogens with two attached hydrogens (primary N) is 1. The zero-order chi connectivity index (χ0) is 38.1. The van der Waals surface area contributed by atoms with E-state index in [4.69, 9.17) is 19.9 Å². The van der Waals surface area contributed by atoms with Crippen molar-refractivity contribution < 1.29 is 37.3 Å². The number of hydrogen-bond acceptors (Lipinski definition) is 9. The number of carbonyl (C=O) groups excluding carboxylic acids is 2. The first kappa shape index (κ1) is 38.5. The van der Waals surface area contributed by atoms with Crippen LogP contribution in [0.25, 0.3) is 11.1 Å². The van der Waals surface area contributed by atoms with Crippen molar-refractivity contribution >= 4 is 33.2 Å². The van der Waals surface area contributed by atoms with Gasteiger partial charge in [0.05, 0.1) is 36.6 Å². The Morgan fingerprint density at radius 1 is 0.944 bits per heavy atom. The van der Waals surface area contributed by atoms with E-state index < -0.39 is 22.2 Å². The minimum Gasteiger partial charge on any atom is -0.497 e. The van der Waals surface area contributed by atoms with Crippen LogP contribution in [0.15, 0.2) is 108 Å². The molecule has 2 atom stereocenters. The van der Waals surface area contributed by atoms with Gasteiger partial charge in [0.2, 0.25) is 22.2 Å². The zero-order valence-electron chi connectivity index (χ0n) is 30.2. The Kier molecular flexibility index (Phi) is 12.7. The molecule has 13 heteroatoms. The van der Waals surface area contributed by atoms with Crippen molar-refractivity contribution in [3.63, 3.8) is 0 Å². The Hall–Kier alpha value is -5.21. The van der Waals surface area contributed by atoms with Gasteiger partial charge in [0.25, 0.3) is 5.91 Å². The Morgan fingerprint density at radius 2 is 1.70 bits per heavy atom. The van der Waals surface area contributed by atoms with Crippen molar-refractivity contribution in [2.75, 3.05) is 51.0 Å². The number of para-hydroxylation sites is 2. The van der Waals surface area contributed by atoms with E-state index in [1.807, 2.05) is 24.3 Å². The molecule has 284 valence electrons. The first-order chi connectivity index (χ1) is 26.2. The second-order valence-corrected chi connectivity index (χ2v) is 15.1. The van der Waals surface area contributed by atoms with Gasteiger partial charge in [-0.25, -0.2) is 8.42 Å². The van der Waals surface area contributed by atoms with Gasteiger partial charge in [0.1, 0.15) is 5.75 Å². The number of methoxy groups -OCH3 is 1. The van der Waals surface area contributed by atoms with Gasteiger partial charge in [-0.1, -0.05) is 54.6 Å². The summed E-state index contributed by atoms with van der Waals surface area (Å²) in [6.07, 6.45) is 3.53. The molecule has 0 fully saturated rings. The highest BCUT2D eigenvalue weighted by Crippen LogP contribution is 2.43. The lowest BCUT2D eigenvalue weighted by atomic mass is 9.87. The molecule has 54 heavy (non-hydrogen) atoms. The molecule has 1 aliphatic carbocycles. The van der Waals surface area contributed by atoms with Gasteiger partial charge >= 0.3 is 0 Å². The number of aliphatic hydroxyl groups excluding tert-OH is 1. The van der Waals surface area contributed by atoms with Crippen LogP contribution in [0.2, 0.25) is 0 Å². The maximum absolute atomic E-state index is 13.5. The minimum absolute atomic E-state index is 0.0449. The van der Waals surface area contributed by atoms with Crippen molar-refractivity contribution in [2.45, 2.75) is 49.2 Å². The zero-order valence-corrected chi connectivity index (χ0v) is 31.0. The van der Waals surface area contributed by atoms with Crippen LogP contribution in [0.4, 0.5) is 11.4 Å². The quantitative estimate of drug-likeness (QED) is 0.0738. The predicted molar refractivity (Wildman–Crippen MR) is 206 cm³/mol. The standard InChI is InChI=1S/C41H46N4O8S/c1-51-30-16-18-31(19-17-30)54(49,50)45(21-23-46)22-24-52-40-27-29(33-11-8-12-34-32-10-3-2-9-28(32)25-35(33)34)26-38(53-40)41(48)43-20-7-6-15-39(47)44-37-14-5-4-13-36(37)42/h2-5,8-14,16-19,26,29,40,46H,6-7,15,20-25,27,42H2,1H3,(H,43,48)(H,44,47)/t29-,40+/m0/s1. The summed E-state index contributed by atoms with van der Waals surface area (Å²) in [5, 5.41) is 15.4. The number of nitrogens with one attached hydrogen (secondary N) is 2. The van der Waals surface area contributed by atoms with Gasteiger partial charge in [-0.05, 0) is 89.6 Å². The molecule has 5 N–H and O–H groups in total. The fraction of sp³-hybridized carbons (Fsp3) is 0.317. The molecule has 0 radical (unpaired) electrons. The summed E-state index contributed by atoms with van der Waals surface area (Å²) in [5.74, 6) is -0.158. The summed E-state index contributed by atoms with van der Waals surface area (Å²) in [7, 11) is -2.45. The molecule has 2 amide bonds. The molecule has 2 aliphatic rings. The lowest BCUT2D eigenvalue weighted by molar-refractivity contribution is -0.146. The normalized spacial score (nSPS) is 16.2. The van der Waals surface area contributed by atoms with Crippen LogP contribution in [0.3, 0.4) is 0 Å². The average Bonchev–Trinajstić information content (AvgIpc) is 3.57. The molecule has 0 bridgehead atoms. The third-order valence-corrected chi connectivity index (χ3v) is 11.5. The van der Waals surface area contributed by atoms with Crippen molar-refractivity contribution in [3.8, 4) is 16.9 Å². The number of carbonyl (C=O) groups is 2. The number of nitrogens with zero attached hydrogens (tertiary/aromatic N) is 1. The van der Waals surface area contributed by atoms with E-state index in [0.717, 1.165) is 21.9 Å². The van der Waals surface area contributed by atoms with E-state index in [-0.39, 0.29) is 55.2 Å². The van der Waals surface area contributed by atoms with E-state index in [9.17, 15) is 23.1 Å². The van der Waals surface area contributed by atoms with E-state index >= 15 is 0 Å². The molecule has 4 aromatic carbocycles. The Bertz CT molecular complexity index is 2090. The average molecular weight is 755 g/mol. The van der Waals surface area contributed by atoms with Crippen molar-refractivity contribution in [1.29, 1.82) is 0 Å². The highest BCUT2D eigenvalue weighted by atomic mass is 32.2. The number of amides is 2. The second-order valence-electron chi connectivity index (χ2n) is 13.2. The van der Waals surface area contributed by atoms with Crippen LogP contribution in [0.1, 0.15) is 48.3 Å². The van der Waals surface area contributed by atoms with Gasteiger partial charge in [0.15, 0.2) is 5.76 Å². The molecule has 1 aliphatic heterocycles. The highest BCUT2D eigenvalue weighted by Gasteiger charge is 2.32. The number of nitrogen functional groups attached to an aromatic ring is 1. The van der Waals surface area contributed by atoms with Crippen LogP contribution in [0, 0.1) is 0 Å². The van der Waals surface area contributed by atoms with Crippen LogP contribution >= 0.6 is 0 Å². The predicted octanol–water partition coefficient (Wildman–Crippen LogP) is 5.19. The van der Waals surface area contributed by atoms with E-state index in [1.54, 1.807) is 36.4 Å². The minimum atomic E-state index is -3.95. The number of hydrogen-bond donors (Lipinski definition) is 4. The molecule has 0 saturated carbocycles. The molecule has 6 rings (SSSR count). The molecular weight excluding hydrogens is 709 g/mol. The third kappa shape index (κ3) is 9.11. The Labute approximate surface area is 316 Å². The lowest BCUT2D eigenvalue weighted by Gasteiger charge is -2.31. The van der Waals surface area contributed by atoms with Crippen molar-refractivity contribution in [2.24, 2.45) is 0 Å². The summed E-state index contributed by atoms with van der Waals surface area (Å²) < 4.78 is 45.5. The Morgan fingerprint density at radius 3 is 2.48 bits per heavy atom. The fourth-order valence-corrected chi connectivity index (χ4v) is 8.25. The molecule has 0 aromatic heterocycles. The second kappa shape index (κ2) is 17.7. The number of ether oxygens (including phenoxy) is 3. The molecule has 4 aromatic rings. The summed E-state index contributed by atoms with van der Waals surface area (Å²) >= 11 is 0. The molecule has 0 unspecified atom stereocenters. The number of allylic oxidation sites excluding steroid dienone is 1. The third-order valence-electron chi connectivity index (χ3n) is 9.61. The van der Waals surface area contributed by atoms with Crippen LogP contribution in [0.5, 0.6) is 5.75 Å². The highest BCUT2D eigenvalue weighted by molar-refractivity contribution is 7.89. The number of sulfonamides is 1. The van der Waals surface area contributed by atoms with E-state index in [2.05, 4.69) is 34.9 Å². The number of fused-ring (bicyclic) bond motifs is 3. The monoisotopic (exact) mass is 754 g/mol. The first-order valence-electron chi connectivity index (χ1n) is 18.1. The lowest BCUT2D eigenvalue weighted by Crippen LogP contribution is -2.38. The van der Waals surface area contributed by atoms with Crippen molar-refractivity contribution in [3.05, 3.63) is 120 Å². The van der Waals surface area contributed by atoms with E-state index in [1.165, 1.54) is 35.9 Å². The van der Waals surface area contributed by atoms with Crippen LogP contribution in [-0.2, 0) is 35.5 Å². The van der Waals surface area contributed by atoms with Gasteiger partial charge < -0.3 is 35.7 Å². The maximum atomic E-state index is 13.5. The number of rotatable bonds is 17. The molecule has 0 spiro atoms. The van der Waals surface area contributed by atoms with Crippen LogP contribution in [-0.4, -0.2) is 75.9 Å². The summed E-state index contributed by atoms with van der Waals surface area (Å²) in [4.78, 5) is 26.0. The van der Waals surface area contributed by atoms with Crippen LogP contribution < -0.4 is 21.1 Å². The topological polar surface area (TPSA) is 170 Å². The van der Waals surface area contributed by atoms with Gasteiger partial charge in [-0.3, -0.25) is 9.59 Å². The summed E-state index contributed by atoms with van der Waals surface area (Å²) in [5.41, 5.74) is 12.8. The number of aliphatic hydroxyl groups is 1. The van der Waals surface area contributed by atoms with Gasteiger partial charge in [0, 0.05) is 38.4 Å². The first-order valence-corrected chi connectivity index (χ1v) is 19.5.